The van der Waals surface area contributed by atoms with Crippen molar-refractivity contribution in [1.29, 1.82) is 0 Å². The fourth-order valence-electron chi connectivity index (χ4n) is 5.33. The molecule has 0 aliphatic carbocycles. The van der Waals surface area contributed by atoms with E-state index in [4.69, 9.17) is 0 Å². The van der Waals surface area contributed by atoms with Gasteiger partial charge in [0, 0.05) is 29.8 Å². The minimum Gasteiger partial charge on any atom is -0.345 e. The molecule has 248 valence electrons. The number of hydrogen-bond donors (Lipinski definition) is 3. The molecule has 3 atom stereocenters. The Labute approximate surface area is 285 Å². The molecule has 1 aliphatic rings. The quantitative estimate of drug-likeness (QED) is 0.254. The summed E-state index contributed by atoms with van der Waals surface area (Å²) in [6, 6.07) is 23.8. The Morgan fingerprint density at radius 1 is 0.872 bits per heavy atom. The molecule has 3 aromatic carbocycles. The summed E-state index contributed by atoms with van der Waals surface area (Å²) in [5, 5.41) is 8.37. The van der Waals surface area contributed by atoms with Crippen molar-refractivity contribution in [3.8, 4) is 11.1 Å². The largest absolute Gasteiger partial charge is 0.345 e. The number of nitrogens with one attached hydrogen (secondary N) is 3. The highest BCUT2D eigenvalue weighted by Crippen LogP contribution is 2.24. The highest BCUT2D eigenvalue weighted by atomic mass is 79.9. The molecular formula is C37H44BrN5O4. The molecule has 0 saturated carbocycles. The van der Waals surface area contributed by atoms with Crippen molar-refractivity contribution in [3.63, 3.8) is 0 Å². The van der Waals surface area contributed by atoms with Crippen LogP contribution < -0.4 is 16.0 Å². The van der Waals surface area contributed by atoms with Gasteiger partial charge in [0.2, 0.25) is 23.6 Å². The number of carbonyl (C=O) groups is 4. The first kappa shape index (κ1) is 35.6. The van der Waals surface area contributed by atoms with E-state index in [0.717, 1.165) is 26.7 Å². The maximum absolute atomic E-state index is 13.9. The van der Waals surface area contributed by atoms with Crippen LogP contribution in [0.5, 0.6) is 0 Å². The molecule has 47 heavy (non-hydrogen) atoms. The predicted octanol–water partition coefficient (Wildman–Crippen LogP) is 4.67. The van der Waals surface area contributed by atoms with Crippen LogP contribution in [0.3, 0.4) is 0 Å². The average molecular weight is 703 g/mol. The Balaban J connectivity index is 1.51. The van der Waals surface area contributed by atoms with Crippen molar-refractivity contribution in [2.24, 2.45) is 5.41 Å². The van der Waals surface area contributed by atoms with Gasteiger partial charge in [-0.25, -0.2) is 0 Å². The average Bonchev–Trinajstić information content (AvgIpc) is 3.06. The molecule has 0 spiro atoms. The van der Waals surface area contributed by atoms with E-state index >= 15 is 0 Å². The number of rotatable bonds is 12. The Bertz CT molecular complexity index is 1590. The van der Waals surface area contributed by atoms with Crippen LogP contribution in [0, 0.1) is 5.41 Å². The second-order valence-corrected chi connectivity index (χ2v) is 13.7. The second-order valence-electron chi connectivity index (χ2n) is 12.8. The van der Waals surface area contributed by atoms with Crippen LogP contribution in [0.2, 0.25) is 0 Å². The molecule has 0 aromatic heterocycles. The fourth-order valence-corrected chi connectivity index (χ4v) is 5.77. The third-order valence-corrected chi connectivity index (χ3v) is 8.77. The third kappa shape index (κ3) is 9.62. The minimum atomic E-state index is -0.871. The van der Waals surface area contributed by atoms with Gasteiger partial charge in [0.15, 0.2) is 0 Å². The van der Waals surface area contributed by atoms with Gasteiger partial charge in [-0.3, -0.25) is 19.2 Å². The summed E-state index contributed by atoms with van der Waals surface area (Å²) in [6.45, 7) is 7.35. The molecule has 4 rings (SSSR count). The first-order valence-electron chi connectivity index (χ1n) is 15.8. The number of amides is 4. The lowest BCUT2D eigenvalue weighted by Gasteiger charge is -2.36. The molecule has 0 radical (unpaired) electrons. The van der Waals surface area contributed by atoms with Crippen LogP contribution >= 0.6 is 15.9 Å². The highest BCUT2D eigenvalue weighted by molar-refractivity contribution is 9.10. The molecule has 0 bridgehead atoms. The maximum atomic E-state index is 13.9. The Morgan fingerprint density at radius 2 is 1.55 bits per heavy atom. The van der Waals surface area contributed by atoms with E-state index in [2.05, 4.69) is 31.9 Å². The molecule has 3 aromatic rings. The van der Waals surface area contributed by atoms with Crippen LogP contribution in [0.25, 0.3) is 11.1 Å². The summed E-state index contributed by atoms with van der Waals surface area (Å²) in [5.74, 6) is -1.42. The molecule has 3 N–H and O–H groups in total. The number of hydrogen-bond acceptors (Lipinski definition) is 5. The lowest BCUT2D eigenvalue weighted by molar-refractivity contribution is -0.143. The number of halogens is 1. The SMILES string of the molecule is CN[C@@H](C)C(=O)N[C@H](C(=O)NCC(=O)N1C=CN(CCc2cccc(Br)c2)C(=O)[C@@H]1Cc1ccc(-c2ccccc2)cc1)C(C)(C)C. The third-order valence-electron chi connectivity index (χ3n) is 8.27. The maximum Gasteiger partial charge on any atom is 0.250 e. The first-order valence-corrected chi connectivity index (χ1v) is 16.6. The zero-order valence-electron chi connectivity index (χ0n) is 27.6. The van der Waals surface area contributed by atoms with Crippen LogP contribution in [0.1, 0.15) is 38.8 Å². The smallest absolute Gasteiger partial charge is 0.250 e. The van der Waals surface area contributed by atoms with Gasteiger partial charge in [-0.1, -0.05) is 103 Å². The minimum absolute atomic E-state index is 0.199. The van der Waals surface area contributed by atoms with E-state index < -0.39 is 35.4 Å². The normalized spacial score (nSPS) is 16.0. The molecule has 1 aliphatic heterocycles. The lowest BCUT2D eigenvalue weighted by atomic mass is 9.86. The topological polar surface area (TPSA) is 111 Å². The molecule has 10 heteroatoms. The Hall–Kier alpha value is -4.28. The van der Waals surface area contributed by atoms with Crippen molar-refractivity contribution in [1.82, 2.24) is 25.8 Å². The molecule has 0 fully saturated rings. The van der Waals surface area contributed by atoms with Crippen molar-refractivity contribution >= 4 is 39.6 Å². The van der Waals surface area contributed by atoms with Gasteiger partial charge >= 0.3 is 0 Å². The van der Waals surface area contributed by atoms with Gasteiger partial charge in [-0.05, 0) is 60.2 Å². The summed E-state index contributed by atoms with van der Waals surface area (Å²) in [6.07, 6.45) is 4.20. The second kappa shape index (κ2) is 16.0. The van der Waals surface area contributed by atoms with Crippen LogP contribution in [0.4, 0.5) is 0 Å². The first-order chi connectivity index (χ1) is 22.4. The van der Waals surface area contributed by atoms with E-state index in [1.165, 1.54) is 4.90 Å². The summed E-state index contributed by atoms with van der Waals surface area (Å²) >= 11 is 3.50. The lowest BCUT2D eigenvalue weighted by Crippen LogP contribution is -2.58. The van der Waals surface area contributed by atoms with E-state index in [1.54, 1.807) is 31.3 Å². The van der Waals surface area contributed by atoms with Crippen molar-refractivity contribution in [2.75, 3.05) is 20.1 Å². The molecule has 1 heterocycles. The predicted molar refractivity (Wildman–Crippen MR) is 188 cm³/mol. The van der Waals surface area contributed by atoms with E-state index in [1.807, 2.05) is 99.6 Å². The zero-order valence-corrected chi connectivity index (χ0v) is 29.2. The summed E-state index contributed by atoms with van der Waals surface area (Å²) in [4.78, 5) is 56.5. The van der Waals surface area contributed by atoms with Crippen molar-refractivity contribution in [3.05, 3.63) is 107 Å². The number of carbonyl (C=O) groups excluding carboxylic acids is 4. The van der Waals surface area contributed by atoms with Gasteiger partial charge in [0.1, 0.15) is 12.1 Å². The molecule has 4 amide bonds. The monoisotopic (exact) mass is 701 g/mol. The highest BCUT2D eigenvalue weighted by Gasteiger charge is 2.37. The van der Waals surface area contributed by atoms with Crippen LogP contribution in [-0.2, 0) is 32.0 Å². The van der Waals surface area contributed by atoms with Gasteiger partial charge in [0.25, 0.3) is 0 Å². The van der Waals surface area contributed by atoms with Gasteiger partial charge in [-0.15, -0.1) is 0 Å². The zero-order chi connectivity index (χ0) is 34.1. The number of nitrogens with zero attached hydrogens (tertiary/aromatic N) is 2. The van der Waals surface area contributed by atoms with E-state index in [-0.39, 0.29) is 18.4 Å². The van der Waals surface area contributed by atoms with Gasteiger partial charge < -0.3 is 25.8 Å². The van der Waals surface area contributed by atoms with Crippen LogP contribution in [0.15, 0.2) is 95.7 Å². The standard InChI is InChI=1S/C37H44BrN5O4/c1-25(39-5)34(45)41-33(37(2,3)4)35(46)40-24-32(44)43-21-20-42(19-18-26-10-9-13-30(38)22-26)36(47)31(43)23-27-14-16-29(17-15-27)28-11-7-6-8-12-28/h6-17,20-22,25,31,33,39H,18-19,23-24H2,1-5H3,(H,40,46)(H,41,45)/t25-,31-,33+/m0/s1. The molecular weight excluding hydrogens is 658 g/mol. The van der Waals surface area contributed by atoms with Crippen molar-refractivity contribution in [2.45, 2.75) is 58.7 Å². The summed E-state index contributed by atoms with van der Waals surface area (Å²) < 4.78 is 0.968. The molecule has 0 unspecified atom stereocenters. The molecule has 0 saturated heterocycles. The van der Waals surface area contributed by atoms with Gasteiger partial charge in [-0.2, -0.15) is 0 Å². The summed E-state index contributed by atoms with van der Waals surface area (Å²) in [5.41, 5.74) is 3.52. The van der Waals surface area contributed by atoms with E-state index in [0.29, 0.717) is 19.4 Å². The summed E-state index contributed by atoms with van der Waals surface area (Å²) in [7, 11) is 1.67. The van der Waals surface area contributed by atoms with Crippen molar-refractivity contribution < 1.29 is 19.2 Å². The van der Waals surface area contributed by atoms with Gasteiger partial charge in [0.05, 0.1) is 12.6 Å². The Morgan fingerprint density at radius 3 is 2.19 bits per heavy atom. The van der Waals surface area contributed by atoms with E-state index in [9.17, 15) is 19.2 Å². The fraction of sp³-hybridized carbons (Fsp3) is 0.351. The number of likely N-dealkylation sites (N-methyl/N-ethyl adjacent to an activating group) is 1. The Kier molecular flexibility index (Phi) is 12.1. The molecule has 9 nitrogen and oxygen atoms in total. The van der Waals surface area contributed by atoms with Crippen LogP contribution in [-0.4, -0.2) is 71.7 Å². The number of benzene rings is 3.